The molecule has 2 aromatic rings. The van der Waals surface area contributed by atoms with Gasteiger partial charge in [0.25, 0.3) is 0 Å². The van der Waals surface area contributed by atoms with E-state index in [1.165, 1.54) is 6.07 Å². The Labute approximate surface area is 99.7 Å². The predicted octanol–water partition coefficient (Wildman–Crippen LogP) is 4.76. The Morgan fingerprint density at radius 3 is 2.38 bits per heavy atom. The van der Waals surface area contributed by atoms with Gasteiger partial charge in [-0.2, -0.15) is 0 Å². The summed E-state index contributed by atoms with van der Waals surface area (Å²) in [5.41, 5.74) is 3.56. The summed E-state index contributed by atoms with van der Waals surface area (Å²) < 4.78 is 13.8. The van der Waals surface area contributed by atoms with Gasteiger partial charge in [-0.15, -0.1) is 0 Å². The van der Waals surface area contributed by atoms with E-state index in [0.717, 1.165) is 16.7 Å². The first-order chi connectivity index (χ1) is 7.61. The van der Waals surface area contributed by atoms with Gasteiger partial charge in [0, 0.05) is 5.56 Å². The molecular formula is C14H12ClF. The number of hydrogen-bond donors (Lipinski definition) is 0. The molecule has 2 heteroatoms. The van der Waals surface area contributed by atoms with Crippen LogP contribution >= 0.6 is 11.6 Å². The van der Waals surface area contributed by atoms with Crippen molar-refractivity contribution in [3.05, 3.63) is 58.4 Å². The van der Waals surface area contributed by atoms with Crippen LogP contribution in [0.4, 0.5) is 4.39 Å². The van der Waals surface area contributed by atoms with Gasteiger partial charge < -0.3 is 0 Å². The molecule has 0 nitrogen and oxygen atoms in total. The largest absolute Gasteiger partial charge is 0.206 e. The minimum Gasteiger partial charge on any atom is -0.206 e. The predicted molar refractivity (Wildman–Crippen MR) is 66.3 cm³/mol. The molecule has 0 saturated carbocycles. The van der Waals surface area contributed by atoms with Gasteiger partial charge in [-0.1, -0.05) is 35.9 Å². The Bertz CT molecular complexity index is 512. The molecule has 0 heterocycles. The summed E-state index contributed by atoms with van der Waals surface area (Å²) in [5, 5.41) is 0.453. The molecule has 0 saturated heterocycles. The fraction of sp³-hybridized carbons (Fsp3) is 0.143. The van der Waals surface area contributed by atoms with Crippen LogP contribution in [0, 0.1) is 19.7 Å². The lowest BCUT2D eigenvalue weighted by Gasteiger charge is -2.11. The minimum atomic E-state index is -0.277. The van der Waals surface area contributed by atoms with Crippen LogP contribution in [-0.2, 0) is 0 Å². The van der Waals surface area contributed by atoms with Crippen LogP contribution in [0.5, 0.6) is 0 Å². The van der Waals surface area contributed by atoms with Crippen molar-refractivity contribution >= 4 is 11.6 Å². The fourth-order valence-corrected chi connectivity index (χ4v) is 2.04. The maximum absolute atomic E-state index is 13.8. The second kappa shape index (κ2) is 4.26. The van der Waals surface area contributed by atoms with Crippen molar-refractivity contribution in [3.8, 4) is 11.1 Å². The Kier molecular flexibility index (Phi) is 2.97. The Hall–Kier alpha value is -1.34. The molecule has 0 amide bonds. The second-order valence-corrected chi connectivity index (χ2v) is 4.25. The van der Waals surface area contributed by atoms with Gasteiger partial charge in [-0.25, -0.2) is 4.39 Å². The number of rotatable bonds is 1. The van der Waals surface area contributed by atoms with Gasteiger partial charge in [-0.3, -0.25) is 0 Å². The van der Waals surface area contributed by atoms with Crippen molar-refractivity contribution < 1.29 is 4.39 Å². The molecule has 0 aliphatic carbocycles. The normalized spacial score (nSPS) is 10.5. The van der Waals surface area contributed by atoms with E-state index in [2.05, 4.69) is 0 Å². The van der Waals surface area contributed by atoms with Gasteiger partial charge >= 0.3 is 0 Å². The van der Waals surface area contributed by atoms with Crippen molar-refractivity contribution in [2.24, 2.45) is 0 Å². The Morgan fingerprint density at radius 2 is 1.69 bits per heavy atom. The van der Waals surface area contributed by atoms with E-state index >= 15 is 0 Å². The summed E-state index contributed by atoms with van der Waals surface area (Å²) in [4.78, 5) is 0. The molecule has 0 fully saturated rings. The highest BCUT2D eigenvalue weighted by molar-refractivity contribution is 6.33. The lowest BCUT2D eigenvalue weighted by Crippen LogP contribution is -1.91. The summed E-state index contributed by atoms with van der Waals surface area (Å²) in [6.07, 6.45) is 0. The first-order valence-electron chi connectivity index (χ1n) is 5.12. The van der Waals surface area contributed by atoms with Crippen molar-refractivity contribution in [3.63, 3.8) is 0 Å². The lowest BCUT2D eigenvalue weighted by atomic mass is 9.97. The Balaban J connectivity index is 2.73. The van der Waals surface area contributed by atoms with Crippen molar-refractivity contribution in [2.45, 2.75) is 13.8 Å². The average molecular weight is 235 g/mol. The quantitative estimate of drug-likeness (QED) is 0.667. The molecule has 0 radical (unpaired) electrons. The van der Waals surface area contributed by atoms with Crippen LogP contribution in [0.15, 0.2) is 36.4 Å². The summed E-state index contributed by atoms with van der Waals surface area (Å²) in [6.45, 7) is 3.99. The number of halogens is 2. The molecule has 0 N–H and O–H groups in total. The zero-order valence-electron chi connectivity index (χ0n) is 9.22. The van der Waals surface area contributed by atoms with E-state index in [4.69, 9.17) is 11.6 Å². The molecule has 82 valence electrons. The SMILES string of the molecule is Cc1cccc(-c2c(F)cccc2Cl)c1C. The summed E-state index contributed by atoms with van der Waals surface area (Å²) >= 11 is 6.05. The van der Waals surface area contributed by atoms with Gasteiger partial charge in [0.1, 0.15) is 5.82 Å². The third kappa shape index (κ3) is 1.83. The van der Waals surface area contributed by atoms with E-state index in [-0.39, 0.29) is 5.82 Å². The molecular weight excluding hydrogens is 223 g/mol. The summed E-state index contributed by atoms with van der Waals surface area (Å²) in [6, 6.07) is 10.6. The maximum Gasteiger partial charge on any atom is 0.132 e. The molecule has 16 heavy (non-hydrogen) atoms. The highest BCUT2D eigenvalue weighted by Crippen LogP contribution is 2.33. The number of aryl methyl sites for hydroxylation is 1. The molecule has 0 atom stereocenters. The van der Waals surface area contributed by atoms with E-state index in [0.29, 0.717) is 10.6 Å². The number of hydrogen-bond acceptors (Lipinski definition) is 0. The molecule has 0 spiro atoms. The third-order valence-corrected chi connectivity index (χ3v) is 3.15. The third-order valence-electron chi connectivity index (χ3n) is 2.84. The molecule has 0 aliphatic heterocycles. The summed E-state index contributed by atoms with van der Waals surface area (Å²) in [7, 11) is 0. The second-order valence-electron chi connectivity index (χ2n) is 3.84. The van der Waals surface area contributed by atoms with Crippen LogP contribution in [0.1, 0.15) is 11.1 Å². The molecule has 0 unspecified atom stereocenters. The van der Waals surface area contributed by atoms with Gasteiger partial charge in [0.2, 0.25) is 0 Å². The van der Waals surface area contributed by atoms with E-state index < -0.39 is 0 Å². The van der Waals surface area contributed by atoms with Crippen LogP contribution in [0.3, 0.4) is 0 Å². The van der Waals surface area contributed by atoms with Crippen LogP contribution in [0.2, 0.25) is 5.02 Å². The van der Waals surface area contributed by atoms with Gasteiger partial charge in [0.15, 0.2) is 0 Å². The monoisotopic (exact) mass is 234 g/mol. The van der Waals surface area contributed by atoms with Crippen molar-refractivity contribution in [1.29, 1.82) is 0 Å². The van der Waals surface area contributed by atoms with Gasteiger partial charge in [-0.05, 0) is 42.7 Å². The van der Waals surface area contributed by atoms with Crippen LogP contribution in [-0.4, -0.2) is 0 Å². The average Bonchev–Trinajstić information content (AvgIpc) is 2.24. The summed E-state index contributed by atoms with van der Waals surface area (Å²) in [5.74, 6) is -0.277. The maximum atomic E-state index is 13.8. The van der Waals surface area contributed by atoms with Gasteiger partial charge in [0.05, 0.1) is 5.02 Å². The van der Waals surface area contributed by atoms with Crippen LogP contribution < -0.4 is 0 Å². The van der Waals surface area contributed by atoms with Crippen molar-refractivity contribution in [2.75, 3.05) is 0 Å². The van der Waals surface area contributed by atoms with E-state index in [9.17, 15) is 4.39 Å². The van der Waals surface area contributed by atoms with Crippen molar-refractivity contribution in [1.82, 2.24) is 0 Å². The topological polar surface area (TPSA) is 0 Å². The standard InChI is InChI=1S/C14H12ClF/c1-9-5-3-6-11(10(9)2)14-12(15)7-4-8-13(14)16/h3-8H,1-2H3. The fourth-order valence-electron chi connectivity index (χ4n) is 1.78. The molecule has 2 aromatic carbocycles. The zero-order chi connectivity index (χ0) is 11.7. The molecule has 0 bridgehead atoms. The Morgan fingerprint density at radius 1 is 1.00 bits per heavy atom. The number of benzene rings is 2. The van der Waals surface area contributed by atoms with E-state index in [1.807, 2.05) is 32.0 Å². The highest BCUT2D eigenvalue weighted by atomic mass is 35.5. The molecule has 0 aliphatic rings. The first kappa shape index (κ1) is 11.2. The smallest absolute Gasteiger partial charge is 0.132 e. The highest BCUT2D eigenvalue weighted by Gasteiger charge is 2.12. The van der Waals surface area contributed by atoms with Crippen LogP contribution in [0.25, 0.3) is 11.1 Å². The molecule has 0 aromatic heterocycles. The minimum absolute atomic E-state index is 0.277. The van der Waals surface area contributed by atoms with E-state index in [1.54, 1.807) is 12.1 Å². The lowest BCUT2D eigenvalue weighted by molar-refractivity contribution is 0.631. The zero-order valence-corrected chi connectivity index (χ0v) is 9.98. The molecule has 2 rings (SSSR count). The first-order valence-corrected chi connectivity index (χ1v) is 5.49.